The molecule has 0 bridgehead atoms. The molecule has 0 unspecified atom stereocenters. The number of anilines is 1. The molecule has 160 valence electrons. The Balaban J connectivity index is 2.14. The van der Waals surface area contributed by atoms with E-state index in [0.29, 0.717) is 49.0 Å². The van der Waals surface area contributed by atoms with E-state index >= 15 is 0 Å². The van der Waals surface area contributed by atoms with Crippen LogP contribution in [0.1, 0.15) is 13.8 Å². The van der Waals surface area contributed by atoms with E-state index < -0.39 is 0 Å². The van der Waals surface area contributed by atoms with Gasteiger partial charge in [-0.3, -0.25) is 0 Å². The van der Waals surface area contributed by atoms with Gasteiger partial charge in [-0.05, 0) is 17.4 Å². The normalized spacial score (nSPS) is 11.2. The van der Waals surface area contributed by atoms with Crippen molar-refractivity contribution >= 4 is 63.2 Å². The van der Waals surface area contributed by atoms with Crippen molar-refractivity contribution in [2.24, 2.45) is 0 Å². The summed E-state index contributed by atoms with van der Waals surface area (Å²) in [5, 5.41) is 6.82. The number of thioether (sulfide) groups is 1. The van der Waals surface area contributed by atoms with Crippen LogP contribution in [-0.4, -0.2) is 41.7 Å². The molecule has 2 heterocycles. The average Bonchev–Trinajstić information content (AvgIpc) is 2.71. The molecule has 9 heteroatoms. The summed E-state index contributed by atoms with van der Waals surface area (Å²) >= 11 is 21.2. The van der Waals surface area contributed by atoms with Crippen molar-refractivity contribution in [3.05, 3.63) is 39.6 Å². The van der Waals surface area contributed by atoms with Gasteiger partial charge in [0, 0.05) is 40.9 Å². The number of rotatable bonds is 8. The van der Waals surface area contributed by atoms with Crippen molar-refractivity contribution in [3.8, 4) is 22.8 Å². The van der Waals surface area contributed by atoms with E-state index in [1.807, 2.05) is 17.8 Å². The molecule has 2 aromatic heterocycles. The Hall–Kier alpha value is -1.60. The molecule has 3 aromatic rings. The van der Waals surface area contributed by atoms with Crippen molar-refractivity contribution in [3.63, 3.8) is 0 Å². The third-order valence-electron chi connectivity index (χ3n) is 4.36. The van der Waals surface area contributed by atoms with Crippen LogP contribution in [-0.2, 0) is 0 Å². The van der Waals surface area contributed by atoms with E-state index in [0.717, 1.165) is 23.1 Å². The van der Waals surface area contributed by atoms with E-state index in [2.05, 4.69) is 24.1 Å². The highest BCUT2D eigenvalue weighted by atomic mass is 35.5. The van der Waals surface area contributed by atoms with Gasteiger partial charge in [0.2, 0.25) is 0 Å². The number of halogens is 3. The van der Waals surface area contributed by atoms with Gasteiger partial charge in [0.25, 0.3) is 0 Å². The first-order valence-electron chi connectivity index (χ1n) is 9.27. The molecule has 0 fully saturated rings. The van der Waals surface area contributed by atoms with Crippen LogP contribution >= 0.6 is 46.6 Å². The Labute approximate surface area is 195 Å². The number of ether oxygens (including phenoxy) is 2. The van der Waals surface area contributed by atoms with Crippen molar-refractivity contribution in [2.45, 2.75) is 19.1 Å². The van der Waals surface area contributed by atoms with Crippen LogP contribution in [0.25, 0.3) is 22.0 Å². The zero-order chi connectivity index (χ0) is 21.8. The summed E-state index contributed by atoms with van der Waals surface area (Å²) < 4.78 is 10.8. The van der Waals surface area contributed by atoms with Crippen LogP contribution in [0.5, 0.6) is 11.5 Å². The molecule has 0 saturated heterocycles. The third kappa shape index (κ3) is 4.99. The minimum Gasteiger partial charge on any atom is -0.495 e. The van der Waals surface area contributed by atoms with Gasteiger partial charge in [-0.15, -0.1) is 0 Å². The van der Waals surface area contributed by atoms with Crippen LogP contribution in [0.2, 0.25) is 15.2 Å². The van der Waals surface area contributed by atoms with Gasteiger partial charge in [-0.25, -0.2) is 9.97 Å². The fraction of sp³-hybridized carbons (Fsp3) is 0.333. The van der Waals surface area contributed by atoms with Crippen molar-refractivity contribution in [2.75, 3.05) is 31.8 Å². The fourth-order valence-corrected chi connectivity index (χ4v) is 4.50. The SMILES string of the molecule is COc1cc(OC)c(Cl)c(-c2cc3cnc(Cl)cc3c(NCCSC(C)C)n2)c1Cl. The lowest BCUT2D eigenvalue weighted by molar-refractivity contribution is 0.395. The van der Waals surface area contributed by atoms with E-state index in [4.69, 9.17) is 49.3 Å². The van der Waals surface area contributed by atoms with Gasteiger partial charge in [-0.1, -0.05) is 48.7 Å². The number of fused-ring (bicyclic) bond motifs is 1. The summed E-state index contributed by atoms with van der Waals surface area (Å²) in [6.45, 7) is 5.09. The number of hydrogen-bond acceptors (Lipinski definition) is 6. The highest BCUT2D eigenvalue weighted by Crippen LogP contribution is 2.46. The molecule has 1 aromatic carbocycles. The summed E-state index contributed by atoms with van der Waals surface area (Å²) in [5.41, 5.74) is 1.11. The molecule has 0 atom stereocenters. The lowest BCUT2D eigenvalue weighted by Gasteiger charge is -2.16. The average molecular weight is 487 g/mol. The minimum atomic E-state index is 0.360. The van der Waals surface area contributed by atoms with Gasteiger partial charge >= 0.3 is 0 Å². The smallest absolute Gasteiger partial charge is 0.141 e. The fourth-order valence-electron chi connectivity index (χ4n) is 2.96. The summed E-state index contributed by atoms with van der Waals surface area (Å²) in [5.74, 6) is 2.53. The molecule has 0 aliphatic rings. The highest BCUT2D eigenvalue weighted by Gasteiger charge is 2.21. The predicted octanol–water partition coefficient (Wildman–Crippen LogP) is 6.83. The van der Waals surface area contributed by atoms with E-state index in [9.17, 15) is 0 Å². The van der Waals surface area contributed by atoms with Crippen LogP contribution in [0.3, 0.4) is 0 Å². The Kier molecular flexibility index (Phi) is 7.80. The zero-order valence-electron chi connectivity index (χ0n) is 17.1. The van der Waals surface area contributed by atoms with E-state index in [1.165, 1.54) is 14.2 Å². The topological polar surface area (TPSA) is 56.3 Å². The van der Waals surface area contributed by atoms with Crippen LogP contribution < -0.4 is 14.8 Å². The first-order chi connectivity index (χ1) is 14.3. The van der Waals surface area contributed by atoms with Crippen molar-refractivity contribution in [1.29, 1.82) is 0 Å². The number of pyridine rings is 2. The van der Waals surface area contributed by atoms with Crippen molar-refractivity contribution in [1.82, 2.24) is 9.97 Å². The maximum absolute atomic E-state index is 6.60. The van der Waals surface area contributed by atoms with Gasteiger partial charge in [0.15, 0.2) is 0 Å². The number of aromatic nitrogens is 2. The van der Waals surface area contributed by atoms with Crippen LogP contribution in [0.15, 0.2) is 24.4 Å². The lowest BCUT2D eigenvalue weighted by atomic mass is 10.1. The third-order valence-corrected chi connectivity index (χ3v) is 6.42. The summed E-state index contributed by atoms with van der Waals surface area (Å²) in [6.07, 6.45) is 1.70. The van der Waals surface area contributed by atoms with Gasteiger partial charge < -0.3 is 14.8 Å². The van der Waals surface area contributed by atoms with Crippen LogP contribution in [0.4, 0.5) is 5.82 Å². The molecule has 0 aliphatic heterocycles. The summed E-state index contributed by atoms with van der Waals surface area (Å²) in [4.78, 5) is 9.02. The second-order valence-corrected chi connectivity index (χ2v) is 9.54. The summed E-state index contributed by atoms with van der Waals surface area (Å²) in [7, 11) is 3.08. The number of nitrogens with one attached hydrogen (secondary N) is 1. The second-order valence-electron chi connectivity index (χ2n) is 6.71. The van der Waals surface area contributed by atoms with Gasteiger partial charge in [-0.2, -0.15) is 11.8 Å². The second kappa shape index (κ2) is 10.1. The Morgan fingerprint density at radius 2 is 1.70 bits per heavy atom. The molecule has 1 N–H and O–H groups in total. The highest BCUT2D eigenvalue weighted by molar-refractivity contribution is 7.99. The monoisotopic (exact) mass is 485 g/mol. The Bertz CT molecular complexity index is 1040. The Morgan fingerprint density at radius 3 is 2.30 bits per heavy atom. The van der Waals surface area contributed by atoms with Crippen LogP contribution in [0, 0.1) is 0 Å². The number of benzene rings is 1. The van der Waals surface area contributed by atoms with Gasteiger partial charge in [0.1, 0.15) is 22.5 Å². The summed E-state index contributed by atoms with van der Waals surface area (Å²) in [6, 6.07) is 5.32. The molecule has 3 rings (SSSR count). The molecule has 30 heavy (non-hydrogen) atoms. The first kappa shape index (κ1) is 23.1. The maximum atomic E-state index is 6.60. The van der Waals surface area contributed by atoms with Gasteiger partial charge in [0.05, 0.1) is 30.0 Å². The molecule has 0 aliphatic carbocycles. The van der Waals surface area contributed by atoms with E-state index in [1.54, 1.807) is 18.3 Å². The zero-order valence-corrected chi connectivity index (χ0v) is 20.1. The molecular weight excluding hydrogens is 465 g/mol. The number of hydrogen-bond donors (Lipinski definition) is 1. The molecule has 0 amide bonds. The minimum absolute atomic E-state index is 0.360. The molecule has 5 nitrogen and oxygen atoms in total. The number of nitrogens with zero attached hydrogens (tertiary/aromatic N) is 2. The first-order valence-corrected chi connectivity index (χ1v) is 11.5. The maximum Gasteiger partial charge on any atom is 0.141 e. The number of methoxy groups -OCH3 is 2. The lowest BCUT2D eigenvalue weighted by Crippen LogP contribution is -2.08. The molecular formula is C21H22Cl3N3O2S. The largest absolute Gasteiger partial charge is 0.495 e. The Morgan fingerprint density at radius 1 is 1.03 bits per heavy atom. The standard InChI is InChI=1S/C21H22Cl3N3O2S/c1-11(2)30-6-5-25-21-13-8-17(22)26-10-12(13)7-14(27-21)18-19(23)15(28-3)9-16(29-4)20(18)24/h7-11H,5-6H2,1-4H3,(H,25,27). The predicted molar refractivity (Wildman–Crippen MR) is 129 cm³/mol. The molecule has 0 saturated carbocycles. The molecule has 0 spiro atoms. The molecule has 0 radical (unpaired) electrons. The van der Waals surface area contributed by atoms with Crippen molar-refractivity contribution < 1.29 is 9.47 Å². The van der Waals surface area contributed by atoms with E-state index in [-0.39, 0.29) is 0 Å². The quantitative estimate of drug-likeness (QED) is 0.278.